The predicted molar refractivity (Wildman–Crippen MR) is 77.7 cm³/mol. The number of unbranched alkanes of at least 4 members (excludes halogenated alkanes) is 1. The minimum Gasteiger partial charge on any atom is -0.467 e. The Morgan fingerprint density at radius 1 is 1.26 bits per heavy atom. The molecule has 106 valence electrons. The quantitative estimate of drug-likeness (QED) is 0.658. The molecule has 2 rings (SSSR count). The molecule has 0 spiro atoms. The summed E-state index contributed by atoms with van der Waals surface area (Å²) in [6.07, 6.45) is 9.78. The highest BCUT2D eigenvalue weighted by Crippen LogP contribution is 2.34. The summed E-state index contributed by atoms with van der Waals surface area (Å²) < 4.78 is 12.1. The molecule has 0 radical (unpaired) electrons. The lowest BCUT2D eigenvalue weighted by atomic mass is 10.0. The fraction of sp³-hybridized carbons (Fsp3) is 0.706. The van der Waals surface area contributed by atoms with Crippen molar-refractivity contribution in [3.8, 4) is 0 Å². The van der Waals surface area contributed by atoms with Gasteiger partial charge in [0.1, 0.15) is 5.76 Å². The van der Waals surface area contributed by atoms with Gasteiger partial charge < -0.3 is 9.47 Å². The molecule has 1 aliphatic carbocycles. The van der Waals surface area contributed by atoms with Crippen molar-refractivity contribution >= 4 is 0 Å². The average molecular weight is 262 g/mol. The molecule has 0 N–H and O–H groups in total. The Morgan fingerprint density at radius 2 is 2.11 bits per heavy atom. The summed E-state index contributed by atoms with van der Waals surface area (Å²) in [6, 6.07) is 0. The molecule has 1 atom stereocenters. The van der Waals surface area contributed by atoms with Gasteiger partial charge in [0.15, 0.2) is 0 Å². The van der Waals surface area contributed by atoms with Gasteiger partial charge >= 0.3 is 0 Å². The molecule has 0 aromatic heterocycles. The van der Waals surface area contributed by atoms with Crippen molar-refractivity contribution in [1.29, 1.82) is 0 Å². The predicted octanol–water partition coefficient (Wildman–Crippen LogP) is 4.87. The Kier molecular flexibility index (Phi) is 4.90. The van der Waals surface area contributed by atoms with Gasteiger partial charge in [0.25, 0.3) is 0 Å². The molecule has 0 unspecified atom stereocenters. The largest absolute Gasteiger partial charge is 0.467 e. The summed E-state index contributed by atoms with van der Waals surface area (Å²) in [5.74, 6) is 0.709. The second-order valence-electron chi connectivity index (χ2n) is 5.72. The van der Waals surface area contributed by atoms with Gasteiger partial charge in [0.2, 0.25) is 5.79 Å². The molecule has 0 amide bonds. The molecular formula is C17H26O2. The maximum Gasteiger partial charge on any atom is 0.207 e. The van der Waals surface area contributed by atoms with Crippen molar-refractivity contribution in [2.75, 3.05) is 6.61 Å². The third kappa shape index (κ3) is 3.75. The SMILES string of the molecule is CCCC[C@]1(C)OCC2=C(CCC(CCC)=C=C2)O1. The summed E-state index contributed by atoms with van der Waals surface area (Å²) in [5, 5.41) is 0. The van der Waals surface area contributed by atoms with E-state index < -0.39 is 5.79 Å². The second-order valence-corrected chi connectivity index (χ2v) is 5.72. The lowest BCUT2D eigenvalue weighted by molar-refractivity contribution is -0.218. The van der Waals surface area contributed by atoms with Crippen molar-refractivity contribution in [3.05, 3.63) is 28.7 Å². The minimum absolute atomic E-state index is 0.419. The van der Waals surface area contributed by atoms with Crippen molar-refractivity contribution in [1.82, 2.24) is 0 Å². The van der Waals surface area contributed by atoms with Crippen LogP contribution in [-0.2, 0) is 9.47 Å². The van der Waals surface area contributed by atoms with Crippen molar-refractivity contribution in [2.24, 2.45) is 0 Å². The zero-order valence-electron chi connectivity index (χ0n) is 12.6. The van der Waals surface area contributed by atoms with Gasteiger partial charge in [-0.3, -0.25) is 0 Å². The Hall–Kier alpha value is -0.980. The molecule has 2 aliphatic rings. The van der Waals surface area contributed by atoms with E-state index in [1.807, 2.05) is 0 Å². The summed E-state index contributed by atoms with van der Waals surface area (Å²) in [5.41, 5.74) is 6.02. The van der Waals surface area contributed by atoms with Gasteiger partial charge in [-0.05, 0) is 30.9 Å². The van der Waals surface area contributed by atoms with E-state index in [1.165, 1.54) is 24.0 Å². The maximum absolute atomic E-state index is 6.16. The first-order valence-corrected chi connectivity index (χ1v) is 7.66. The van der Waals surface area contributed by atoms with Crippen LogP contribution in [0.3, 0.4) is 0 Å². The van der Waals surface area contributed by atoms with E-state index in [4.69, 9.17) is 9.47 Å². The van der Waals surface area contributed by atoms with E-state index in [1.54, 1.807) is 0 Å². The third-order valence-electron chi connectivity index (χ3n) is 3.87. The smallest absolute Gasteiger partial charge is 0.207 e. The molecule has 1 heterocycles. The van der Waals surface area contributed by atoms with Crippen molar-refractivity contribution < 1.29 is 9.47 Å². The van der Waals surface area contributed by atoms with E-state index in [2.05, 4.69) is 32.6 Å². The van der Waals surface area contributed by atoms with Gasteiger partial charge in [-0.1, -0.05) is 26.7 Å². The second kappa shape index (κ2) is 6.45. The topological polar surface area (TPSA) is 18.5 Å². The molecule has 0 aromatic rings. The summed E-state index contributed by atoms with van der Waals surface area (Å²) >= 11 is 0. The molecule has 1 aliphatic heterocycles. The summed E-state index contributed by atoms with van der Waals surface area (Å²) in [6.45, 7) is 7.16. The fourth-order valence-corrected chi connectivity index (χ4v) is 2.65. The third-order valence-corrected chi connectivity index (χ3v) is 3.87. The van der Waals surface area contributed by atoms with Crippen LogP contribution in [0.1, 0.15) is 65.7 Å². The van der Waals surface area contributed by atoms with Crippen LogP contribution in [0.5, 0.6) is 0 Å². The molecule has 0 saturated heterocycles. The average Bonchev–Trinajstić information content (AvgIpc) is 2.60. The highest BCUT2D eigenvalue weighted by Gasteiger charge is 2.33. The Bertz CT molecular complexity index is 413. The lowest BCUT2D eigenvalue weighted by Gasteiger charge is -2.36. The number of hydrogen-bond acceptors (Lipinski definition) is 2. The van der Waals surface area contributed by atoms with Crippen LogP contribution in [0.4, 0.5) is 0 Å². The van der Waals surface area contributed by atoms with Crippen LogP contribution in [0.25, 0.3) is 0 Å². The maximum atomic E-state index is 6.16. The van der Waals surface area contributed by atoms with Crippen LogP contribution in [0.2, 0.25) is 0 Å². The molecular weight excluding hydrogens is 236 g/mol. The monoisotopic (exact) mass is 262 g/mol. The Labute approximate surface area is 117 Å². The first-order valence-electron chi connectivity index (χ1n) is 7.66. The highest BCUT2D eigenvalue weighted by atomic mass is 16.7. The van der Waals surface area contributed by atoms with Crippen LogP contribution >= 0.6 is 0 Å². The van der Waals surface area contributed by atoms with Gasteiger partial charge in [-0.15, -0.1) is 5.73 Å². The number of rotatable bonds is 5. The van der Waals surface area contributed by atoms with Crippen LogP contribution in [0, 0.1) is 0 Å². The summed E-state index contributed by atoms with van der Waals surface area (Å²) in [4.78, 5) is 0. The first-order chi connectivity index (χ1) is 9.17. The fourth-order valence-electron chi connectivity index (χ4n) is 2.65. The molecule has 0 bridgehead atoms. The standard InChI is InChI=1S/C17H26O2/c1-4-6-12-17(3)18-13-15-10-8-14(7-5-2)9-11-16(15)19-17/h10H,4-7,9,11-13H2,1-3H3/t17-/m1/s1. The van der Waals surface area contributed by atoms with Crippen molar-refractivity contribution in [3.63, 3.8) is 0 Å². The molecule has 0 aromatic carbocycles. The Morgan fingerprint density at radius 3 is 2.84 bits per heavy atom. The van der Waals surface area contributed by atoms with Gasteiger partial charge in [-0.2, -0.15) is 0 Å². The van der Waals surface area contributed by atoms with E-state index >= 15 is 0 Å². The molecule has 2 heteroatoms. The molecule has 2 nitrogen and oxygen atoms in total. The number of ether oxygens (including phenoxy) is 2. The van der Waals surface area contributed by atoms with Crippen LogP contribution in [0.15, 0.2) is 28.7 Å². The van der Waals surface area contributed by atoms with E-state index in [-0.39, 0.29) is 0 Å². The number of hydrogen-bond donors (Lipinski definition) is 0. The Balaban J connectivity index is 2.07. The van der Waals surface area contributed by atoms with E-state index in [9.17, 15) is 0 Å². The summed E-state index contributed by atoms with van der Waals surface area (Å²) in [7, 11) is 0. The minimum atomic E-state index is -0.419. The van der Waals surface area contributed by atoms with Gasteiger partial charge in [0, 0.05) is 25.3 Å². The zero-order chi connectivity index (χ0) is 13.7. The van der Waals surface area contributed by atoms with Crippen LogP contribution in [-0.4, -0.2) is 12.4 Å². The lowest BCUT2D eigenvalue weighted by Crippen LogP contribution is -2.36. The van der Waals surface area contributed by atoms with E-state index in [0.29, 0.717) is 6.61 Å². The molecule has 19 heavy (non-hydrogen) atoms. The van der Waals surface area contributed by atoms with Gasteiger partial charge in [0.05, 0.1) is 6.61 Å². The number of allylic oxidation sites excluding steroid dienone is 1. The van der Waals surface area contributed by atoms with E-state index in [0.717, 1.165) is 37.9 Å². The van der Waals surface area contributed by atoms with Crippen molar-refractivity contribution in [2.45, 2.75) is 71.5 Å². The zero-order valence-corrected chi connectivity index (χ0v) is 12.6. The molecule has 0 fully saturated rings. The first kappa shape index (κ1) is 14.4. The van der Waals surface area contributed by atoms with Crippen LogP contribution < -0.4 is 0 Å². The van der Waals surface area contributed by atoms with Gasteiger partial charge in [-0.25, -0.2) is 0 Å². The normalized spacial score (nSPS) is 26.6. The molecule has 0 saturated carbocycles. The highest BCUT2D eigenvalue weighted by molar-refractivity contribution is 5.29.